The lowest BCUT2D eigenvalue weighted by Gasteiger charge is -2.04. The van der Waals surface area contributed by atoms with Crippen LogP contribution < -0.4 is 14.8 Å². The summed E-state index contributed by atoms with van der Waals surface area (Å²) in [5.74, 6) is 1.22. The number of hydrogen-bond donors (Lipinski definition) is 1. The molecule has 6 heteroatoms. The Balaban J connectivity index is 1.78. The molecule has 0 fully saturated rings. The van der Waals surface area contributed by atoms with Crippen molar-refractivity contribution in [3.05, 3.63) is 48.0 Å². The molecule has 0 saturated carbocycles. The van der Waals surface area contributed by atoms with E-state index < -0.39 is 0 Å². The van der Waals surface area contributed by atoms with Crippen LogP contribution in [0.15, 0.2) is 42.5 Å². The number of carbonyl (C=O) groups is 1. The molecule has 124 valence electrons. The fourth-order valence-corrected chi connectivity index (χ4v) is 3.05. The smallest absolute Gasteiger partial charge is 0.257 e. The molecule has 0 spiro atoms. The lowest BCUT2D eigenvalue weighted by molar-refractivity contribution is 0.102. The highest BCUT2D eigenvalue weighted by molar-refractivity contribution is 7.22. The molecule has 1 heterocycles. The summed E-state index contributed by atoms with van der Waals surface area (Å²) >= 11 is 1.43. The number of methoxy groups -OCH3 is 1. The predicted octanol–water partition coefficient (Wildman–Crippen LogP) is 4.35. The maximum atomic E-state index is 12.3. The largest absolute Gasteiger partial charge is 0.497 e. The zero-order valence-corrected chi connectivity index (χ0v) is 14.4. The number of nitrogens with zero attached hydrogens (tertiary/aromatic N) is 1. The van der Waals surface area contributed by atoms with Gasteiger partial charge < -0.3 is 9.47 Å². The topological polar surface area (TPSA) is 60.5 Å². The van der Waals surface area contributed by atoms with Crippen molar-refractivity contribution in [2.45, 2.75) is 13.3 Å². The molecule has 0 unspecified atom stereocenters. The van der Waals surface area contributed by atoms with Crippen molar-refractivity contribution < 1.29 is 14.3 Å². The molecule has 0 bridgehead atoms. The van der Waals surface area contributed by atoms with Crippen molar-refractivity contribution in [2.75, 3.05) is 19.0 Å². The molecule has 0 atom stereocenters. The molecule has 0 aliphatic carbocycles. The third kappa shape index (κ3) is 3.65. The zero-order chi connectivity index (χ0) is 16.9. The molecule has 1 amide bonds. The van der Waals surface area contributed by atoms with Gasteiger partial charge in [0.05, 0.1) is 23.9 Å². The number of rotatable bonds is 6. The number of carbonyl (C=O) groups excluding carboxylic acids is 1. The van der Waals surface area contributed by atoms with Crippen LogP contribution >= 0.6 is 11.3 Å². The first-order chi connectivity index (χ1) is 11.7. The SMILES string of the molecule is CCCOc1ccc2sc(NC(=O)c3cccc(OC)c3)nc2c1. The summed E-state index contributed by atoms with van der Waals surface area (Å²) in [7, 11) is 1.57. The van der Waals surface area contributed by atoms with Gasteiger partial charge in [0.1, 0.15) is 11.5 Å². The Morgan fingerprint density at radius 3 is 2.88 bits per heavy atom. The zero-order valence-electron chi connectivity index (χ0n) is 13.5. The average Bonchev–Trinajstić information content (AvgIpc) is 3.01. The van der Waals surface area contributed by atoms with Crippen LogP contribution in [0.5, 0.6) is 11.5 Å². The van der Waals surface area contributed by atoms with E-state index in [1.165, 1.54) is 11.3 Å². The number of fused-ring (bicyclic) bond motifs is 1. The second-order valence-corrected chi connectivity index (χ2v) is 6.21. The average molecular weight is 342 g/mol. The van der Waals surface area contributed by atoms with Crippen molar-refractivity contribution in [1.29, 1.82) is 0 Å². The Kier molecular flexibility index (Phi) is 4.96. The van der Waals surface area contributed by atoms with E-state index in [2.05, 4.69) is 17.2 Å². The van der Waals surface area contributed by atoms with Crippen LogP contribution in [-0.2, 0) is 0 Å². The monoisotopic (exact) mass is 342 g/mol. The van der Waals surface area contributed by atoms with Crippen molar-refractivity contribution in [3.63, 3.8) is 0 Å². The maximum Gasteiger partial charge on any atom is 0.257 e. The normalized spacial score (nSPS) is 10.6. The molecule has 2 aromatic carbocycles. The van der Waals surface area contributed by atoms with Crippen LogP contribution in [0.3, 0.4) is 0 Å². The Morgan fingerprint density at radius 2 is 2.08 bits per heavy atom. The van der Waals surface area contributed by atoms with Crippen LogP contribution in [-0.4, -0.2) is 24.6 Å². The van der Waals surface area contributed by atoms with Crippen molar-refractivity contribution >= 4 is 32.6 Å². The Hall–Kier alpha value is -2.60. The molecule has 5 nitrogen and oxygen atoms in total. The van der Waals surface area contributed by atoms with E-state index in [1.807, 2.05) is 18.2 Å². The van der Waals surface area contributed by atoms with Gasteiger partial charge in [-0.05, 0) is 36.8 Å². The van der Waals surface area contributed by atoms with Crippen LogP contribution in [0.1, 0.15) is 23.7 Å². The second-order valence-electron chi connectivity index (χ2n) is 5.18. The van der Waals surface area contributed by atoms with E-state index in [4.69, 9.17) is 9.47 Å². The van der Waals surface area contributed by atoms with Crippen LogP contribution in [0.2, 0.25) is 0 Å². The van der Waals surface area contributed by atoms with Gasteiger partial charge in [-0.1, -0.05) is 24.3 Å². The summed E-state index contributed by atoms with van der Waals surface area (Å²) in [4.78, 5) is 16.8. The standard InChI is InChI=1S/C18H18N2O3S/c1-3-9-23-14-7-8-16-15(11-14)19-18(24-16)20-17(21)12-5-4-6-13(10-12)22-2/h4-8,10-11H,3,9H2,1-2H3,(H,19,20,21). The highest BCUT2D eigenvalue weighted by atomic mass is 32.1. The molecule has 0 aliphatic rings. The lowest BCUT2D eigenvalue weighted by atomic mass is 10.2. The summed E-state index contributed by atoms with van der Waals surface area (Å²) in [5.41, 5.74) is 1.34. The summed E-state index contributed by atoms with van der Waals surface area (Å²) in [6, 6.07) is 12.8. The molecule has 3 rings (SSSR count). The van der Waals surface area contributed by atoms with Crippen LogP contribution in [0.25, 0.3) is 10.2 Å². The van der Waals surface area contributed by atoms with E-state index in [0.29, 0.717) is 23.1 Å². The van der Waals surface area contributed by atoms with E-state index >= 15 is 0 Å². The van der Waals surface area contributed by atoms with Crippen molar-refractivity contribution in [1.82, 2.24) is 4.98 Å². The summed E-state index contributed by atoms with van der Waals surface area (Å²) < 4.78 is 11.8. The highest BCUT2D eigenvalue weighted by Crippen LogP contribution is 2.29. The number of hydrogen-bond acceptors (Lipinski definition) is 5. The van der Waals surface area contributed by atoms with Gasteiger partial charge in [-0.3, -0.25) is 10.1 Å². The number of nitrogens with one attached hydrogen (secondary N) is 1. The van der Waals surface area contributed by atoms with Gasteiger partial charge in [-0.15, -0.1) is 0 Å². The fraction of sp³-hybridized carbons (Fsp3) is 0.222. The van der Waals surface area contributed by atoms with Gasteiger partial charge in [0.15, 0.2) is 5.13 Å². The molecular formula is C18H18N2O3S. The first-order valence-electron chi connectivity index (χ1n) is 7.68. The first kappa shape index (κ1) is 16.3. The quantitative estimate of drug-likeness (QED) is 0.723. The second kappa shape index (κ2) is 7.31. The minimum Gasteiger partial charge on any atom is -0.497 e. The van der Waals surface area contributed by atoms with E-state index in [9.17, 15) is 4.79 Å². The summed E-state index contributed by atoms with van der Waals surface area (Å²) in [6.45, 7) is 2.74. The van der Waals surface area contributed by atoms with Crippen molar-refractivity contribution in [3.8, 4) is 11.5 Å². The van der Waals surface area contributed by atoms with Crippen LogP contribution in [0.4, 0.5) is 5.13 Å². The third-order valence-corrected chi connectivity index (χ3v) is 4.34. The number of amides is 1. The van der Waals surface area contributed by atoms with E-state index in [-0.39, 0.29) is 5.91 Å². The number of thiazole rings is 1. The molecule has 1 aromatic heterocycles. The molecular weight excluding hydrogens is 324 g/mol. The van der Waals surface area contributed by atoms with Gasteiger partial charge in [0.25, 0.3) is 5.91 Å². The van der Waals surface area contributed by atoms with Gasteiger partial charge in [0.2, 0.25) is 0 Å². The first-order valence-corrected chi connectivity index (χ1v) is 8.50. The molecule has 1 N–H and O–H groups in total. The summed E-state index contributed by atoms with van der Waals surface area (Å²) in [6.07, 6.45) is 0.955. The Bertz CT molecular complexity index is 860. The number of ether oxygens (including phenoxy) is 2. The minimum atomic E-state index is -0.213. The number of aromatic nitrogens is 1. The van der Waals surface area contributed by atoms with Gasteiger partial charge in [-0.2, -0.15) is 0 Å². The molecule has 0 aliphatic heterocycles. The molecule has 0 radical (unpaired) electrons. The molecule has 0 saturated heterocycles. The van der Waals surface area contributed by atoms with Gasteiger partial charge >= 0.3 is 0 Å². The maximum absolute atomic E-state index is 12.3. The Morgan fingerprint density at radius 1 is 1.21 bits per heavy atom. The number of benzene rings is 2. The third-order valence-electron chi connectivity index (χ3n) is 3.38. The Labute approximate surface area is 144 Å². The van der Waals surface area contributed by atoms with Gasteiger partial charge in [0, 0.05) is 11.6 Å². The highest BCUT2D eigenvalue weighted by Gasteiger charge is 2.11. The van der Waals surface area contributed by atoms with Gasteiger partial charge in [-0.25, -0.2) is 4.98 Å². The fourth-order valence-electron chi connectivity index (χ4n) is 2.20. The van der Waals surface area contributed by atoms with Crippen LogP contribution in [0, 0.1) is 0 Å². The predicted molar refractivity (Wildman–Crippen MR) is 96.4 cm³/mol. The van der Waals surface area contributed by atoms with E-state index in [1.54, 1.807) is 31.4 Å². The molecule has 24 heavy (non-hydrogen) atoms. The van der Waals surface area contributed by atoms with E-state index in [0.717, 1.165) is 22.4 Å². The van der Waals surface area contributed by atoms with Crippen molar-refractivity contribution in [2.24, 2.45) is 0 Å². The lowest BCUT2D eigenvalue weighted by Crippen LogP contribution is -2.11. The number of anilines is 1. The molecule has 3 aromatic rings. The minimum absolute atomic E-state index is 0.213. The summed E-state index contributed by atoms with van der Waals surface area (Å²) in [5, 5.41) is 3.39.